The van der Waals surface area contributed by atoms with E-state index in [1.54, 1.807) is 7.11 Å². The van der Waals surface area contributed by atoms with Crippen LogP contribution in [-0.2, 0) is 4.74 Å². The average Bonchev–Trinajstić information content (AvgIpc) is 2.62. The summed E-state index contributed by atoms with van der Waals surface area (Å²) in [5.74, 6) is 3.60. The topological polar surface area (TPSA) is 9.23 Å². The summed E-state index contributed by atoms with van der Waals surface area (Å²) in [5, 5.41) is 0. The number of rotatable bonds is 7. The first kappa shape index (κ1) is 23.5. The van der Waals surface area contributed by atoms with E-state index < -0.39 is 8.07 Å². The van der Waals surface area contributed by atoms with Gasteiger partial charge in [-0.2, -0.15) is 0 Å². The summed E-state index contributed by atoms with van der Waals surface area (Å²) in [6.45, 7) is 19.1. The minimum absolute atomic E-state index is 0.602. The molecule has 0 unspecified atom stereocenters. The summed E-state index contributed by atoms with van der Waals surface area (Å²) in [6, 6.07) is 10.5. The van der Waals surface area contributed by atoms with Gasteiger partial charge in [0.05, 0.1) is 6.61 Å². The van der Waals surface area contributed by atoms with Crippen LogP contribution in [0.15, 0.2) is 47.6 Å². The van der Waals surface area contributed by atoms with Crippen molar-refractivity contribution >= 4 is 13.6 Å². The Hall–Kier alpha value is -1.56. The molecule has 2 heteroatoms. The van der Waals surface area contributed by atoms with E-state index in [4.69, 9.17) is 4.74 Å². The number of ether oxygens (including phenoxy) is 1. The third kappa shape index (κ3) is 5.70. The molecular weight excluding hydrogens is 344 g/mol. The lowest BCUT2D eigenvalue weighted by molar-refractivity contribution is 0.234. The maximum atomic E-state index is 5.30. The molecule has 1 aromatic carbocycles. The summed E-state index contributed by atoms with van der Waals surface area (Å²) >= 11 is 0. The van der Waals surface area contributed by atoms with Crippen LogP contribution in [0, 0.1) is 11.5 Å². The lowest BCUT2D eigenvalue weighted by Gasteiger charge is -2.38. The highest BCUT2D eigenvalue weighted by atomic mass is 28.3. The molecule has 0 bridgehead atoms. The highest BCUT2D eigenvalue weighted by Crippen LogP contribution is 2.40. The van der Waals surface area contributed by atoms with Gasteiger partial charge in [0.2, 0.25) is 0 Å². The predicted molar refractivity (Wildman–Crippen MR) is 123 cm³/mol. The Balaban J connectivity index is 3.44. The molecule has 0 fully saturated rings. The average molecular weight is 383 g/mol. The molecule has 148 valence electrons. The van der Waals surface area contributed by atoms with Crippen LogP contribution in [0.1, 0.15) is 61.0 Å². The molecule has 0 radical (unpaired) electrons. The van der Waals surface area contributed by atoms with Gasteiger partial charge in [0.15, 0.2) is 0 Å². The lowest BCUT2D eigenvalue weighted by atomic mass is 9.95. The first-order valence-corrected chi connectivity index (χ1v) is 12.4. The fourth-order valence-electron chi connectivity index (χ4n) is 4.20. The molecule has 0 heterocycles. The van der Waals surface area contributed by atoms with E-state index in [9.17, 15) is 0 Å². The molecule has 1 rings (SSSR count). The van der Waals surface area contributed by atoms with Gasteiger partial charge in [-0.3, -0.25) is 0 Å². The van der Waals surface area contributed by atoms with Crippen LogP contribution in [0.5, 0.6) is 0 Å². The molecule has 0 aromatic heterocycles. The van der Waals surface area contributed by atoms with Crippen LogP contribution in [0.25, 0.3) is 5.57 Å². The van der Waals surface area contributed by atoms with Crippen molar-refractivity contribution in [3.63, 3.8) is 0 Å². The standard InChI is InChI=1S/C25H38OSi/c1-19(2)27(20(3)4,21(5)6)18-16-22(7)23(8)25(15-17-26-9)24-13-11-10-12-14-24/h10-15,19-21H,17H2,1-9H3/b23-22-,25-15-. The zero-order valence-corrected chi connectivity index (χ0v) is 19.8. The number of hydrogen-bond donors (Lipinski definition) is 0. The van der Waals surface area contributed by atoms with Crippen LogP contribution in [0.4, 0.5) is 0 Å². The second kappa shape index (κ2) is 10.7. The molecule has 0 amide bonds. The maximum absolute atomic E-state index is 5.30. The first-order chi connectivity index (χ1) is 12.7. The van der Waals surface area contributed by atoms with Gasteiger partial charge in [-0.25, -0.2) is 0 Å². The van der Waals surface area contributed by atoms with E-state index in [0.29, 0.717) is 23.2 Å². The zero-order chi connectivity index (χ0) is 20.6. The predicted octanol–water partition coefficient (Wildman–Crippen LogP) is 7.27. The van der Waals surface area contributed by atoms with Gasteiger partial charge in [-0.1, -0.05) is 83.9 Å². The molecule has 0 atom stereocenters. The van der Waals surface area contributed by atoms with E-state index in [1.165, 1.54) is 22.3 Å². The number of allylic oxidation sites excluding steroid dienone is 3. The molecule has 1 aromatic rings. The minimum Gasteiger partial charge on any atom is -0.381 e. The van der Waals surface area contributed by atoms with E-state index in [0.717, 1.165) is 0 Å². The second-order valence-electron chi connectivity index (χ2n) is 8.34. The Labute approximate surface area is 168 Å². The second-order valence-corrected chi connectivity index (χ2v) is 13.9. The van der Waals surface area contributed by atoms with Gasteiger partial charge in [0.25, 0.3) is 0 Å². The molecule has 0 spiro atoms. The molecule has 0 aliphatic heterocycles. The SMILES string of the molecule is COC/C=C(/C(C)=C(/C)C#C[Si](C(C)C)(C(C)C)C(C)C)c1ccccc1. The third-order valence-corrected chi connectivity index (χ3v) is 12.1. The summed E-state index contributed by atoms with van der Waals surface area (Å²) < 4.78 is 5.30. The highest BCUT2D eigenvalue weighted by Gasteiger charge is 2.41. The Morgan fingerprint density at radius 1 is 0.963 bits per heavy atom. The van der Waals surface area contributed by atoms with Gasteiger partial charge >= 0.3 is 0 Å². The lowest BCUT2D eigenvalue weighted by Crippen LogP contribution is -2.43. The molecule has 1 nitrogen and oxygen atoms in total. The fourth-order valence-corrected chi connectivity index (χ4v) is 9.47. The first-order valence-electron chi connectivity index (χ1n) is 10.1. The van der Waals surface area contributed by atoms with E-state index >= 15 is 0 Å². The monoisotopic (exact) mass is 382 g/mol. The normalized spacial score (nSPS) is 13.7. The van der Waals surface area contributed by atoms with Crippen LogP contribution in [0.3, 0.4) is 0 Å². The summed E-state index contributed by atoms with van der Waals surface area (Å²) in [6.07, 6.45) is 2.16. The van der Waals surface area contributed by atoms with Crippen molar-refractivity contribution in [2.24, 2.45) is 0 Å². The van der Waals surface area contributed by atoms with Crippen LogP contribution >= 0.6 is 0 Å². The van der Waals surface area contributed by atoms with Gasteiger partial charge in [0.1, 0.15) is 8.07 Å². The van der Waals surface area contributed by atoms with Gasteiger partial charge < -0.3 is 4.74 Å². The number of hydrogen-bond acceptors (Lipinski definition) is 1. The molecule has 27 heavy (non-hydrogen) atoms. The van der Waals surface area contributed by atoms with Crippen molar-refractivity contribution in [1.29, 1.82) is 0 Å². The van der Waals surface area contributed by atoms with Crippen molar-refractivity contribution in [2.45, 2.75) is 72.0 Å². The van der Waals surface area contributed by atoms with Crippen LogP contribution < -0.4 is 0 Å². The van der Waals surface area contributed by atoms with Crippen molar-refractivity contribution in [2.75, 3.05) is 13.7 Å². The smallest absolute Gasteiger partial charge is 0.146 e. The van der Waals surface area contributed by atoms with Crippen molar-refractivity contribution < 1.29 is 4.74 Å². The molecule has 0 saturated carbocycles. The summed E-state index contributed by atoms with van der Waals surface area (Å²) in [4.78, 5) is 0. The van der Waals surface area contributed by atoms with E-state index in [2.05, 4.69) is 103 Å². The summed E-state index contributed by atoms with van der Waals surface area (Å²) in [5.41, 5.74) is 10.6. The van der Waals surface area contributed by atoms with Gasteiger partial charge in [0, 0.05) is 12.7 Å². The van der Waals surface area contributed by atoms with E-state index in [-0.39, 0.29) is 0 Å². The van der Waals surface area contributed by atoms with Gasteiger partial charge in [-0.15, -0.1) is 5.54 Å². The summed E-state index contributed by atoms with van der Waals surface area (Å²) in [7, 11) is 0.0197. The third-order valence-electron chi connectivity index (χ3n) is 5.84. The quantitative estimate of drug-likeness (QED) is 0.273. The molecular formula is C25H38OSi. The van der Waals surface area contributed by atoms with Crippen LogP contribution in [-0.4, -0.2) is 21.8 Å². The Bertz CT molecular complexity index is 690. The van der Waals surface area contributed by atoms with Crippen molar-refractivity contribution in [3.8, 4) is 11.5 Å². The largest absolute Gasteiger partial charge is 0.381 e. The molecule has 0 aliphatic carbocycles. The zero-order valence-electron chi connectivity index (χ0n) is 18.8. The fraction of sp³-hybridized carbons (Fsp3) is 0.520. The Morgan fingerprint density at radius 3 is 1.93 bits per heavy atom. The van der Waals surface area contributed by atoms with Crippen molar-refractivity contribution in [3.05, 3.63) is 53.1 Å². The van der Waals surface area contributed by atoms with Crippen LogP contribution in [0.2, 0.25) is 16.6 Å². The number of methoxy groups -OCH3 is 1. The minimum atomic E-state index is -1.72. The highest BCUT2D eigenvalue weighted by molar-refractivity contribution is 6.90. The molecule has 0 saturated heterocycles. The van der Waals surface area contributed by atoms with Gasteiger partial charge in [-0.05, 0) is 47.2 Å². The number of benzene rings is 1. The molecule has 0 N–H and O–H groups in total. The Morgan fingerprint density at radius 2 is 1.48 bits per heavy atom. The maximum Gasteiger partial charge on any atom is 0.146 e. The van der Waals surface area contributed by atoms with Crippen molar-refractivity contribution in [1.82, 2.24) is 0 Å². The molecule has 0 aliphatic rings. The van der Waals surface area contributed by atoms with E-state index in [1.807, 2.05) is 0 Å². The Kier molecular flexibility index (Phi) is 9.29.